The van der Waals surface area contributed by atoms with Crippen LogP contribution in [0.15, 0.2) is 30.6 Å². The zero-order valence-corrected chi connectivity index (χ0v) is 12.0. The minimum Gasteiger partial charge on any atom is -0.358 e. The summed E-state index contributed by atoms with van der Waals surface area (Å²) in [5.74, 6) is -0.684. The second-order valence-corrected chi connectivity index (χ2v) is 4.62. The number of carbonyl (C=O) groups is 2. The summed E-state index contributed by atoms with van der Waals surface area (Å²) < 4.78 is 14.3. The van der Waals surface area contributed by atoms with Gasteiger partial charge in [-0.15, -0.1) is 5.10 Å². The van der Waals surface area contributed by atoms with Gasteiger partial charge >= 0.3 is 0 Å². The maximum Gasteiger partial charge on any atom is 0.248 e. The van der Waals surface area contributed by atoms with Crippen molar-refractivity contribution in [3.8, 4) is 0 Å². The monoisotopic (exact) mass is 305 g/mol. The van der Waals surface area contributed by atoms with Gasteiger partial charge in [-0.25, -0.2) is 14.1 Å². The van der Waals surface area contributed by atoms with Gasteiger partial charge < -0.3 is 5.32 Å². The van der Waals surface area contributed by atoms with Crippen LogP contribution in [0, 0.1) is 5.82 Å². The maximum atomic E-state index is 13.0. The van der Waals surface area contributed by atoms with Crippen LogP contribution in [0.2, 0.25) is 0 Å². The molecule has 2 aromatic rings. The smallest absolute Gasteiger partial charge is 0.248 e. The summed E-state index contributed by atoms with van der Waals surface area (Å²) in [5, 5.41) is 8.95. The van der Waals surface area contributed by atoms with Gasteiger partial charge in [0.1, 0.15) is 18.7 Å². The van der Waals surface area contributed by atoms with E-state index in [1.807, 2.05) is 0 Å². The maximum absolute atomic E-state index is 13.0. The van der Waals surface area contributed by atoms with Crippen LogP contribution in [0.5, 0.6) is 0 Å². The molecular formula is C14H16FN5O2. The fourth-order valence-electron chi connectivity index (χ4n) is 1.79. The van der Waals surface area contributed by atoms with Crippen molar-refractivity contribution in [3.05, 3.63) is 42.0 Å². The number of carbonyl (C=O) groups excluding carboxylic acids is 2. The normalized spacial score (nSPS) is 10.3. The number of anilines is 1. The highest BCUT2D eigenvalue weighted by molar-refractivity contribution is 5.89. The van der Waals surface area contributed by atoms with Crippen LogP contribution < -0.4 is 10.6 Å². The van der Waals surface area contributed by atoms with E-state index < -0.39 is 0 Å². The standard InChI is InChI=1S/C14H16FN5O2/c1-16-13(22)8-20-9-17-14(19-20)18-12(21)6-5-10-3-2-4-11(15)7-10/h2-4,7,9H,5-6,8H2,1H3,(H,16,22)(H,18,19,21). The summed E-state index contributed by atoms with van der Waals surface area (Å²) >= 11 is 0. The lowest BCUT2D eigenvalue weighted by Gasteiger charge is -2.02. The molecule has 1 aromatic heterocycles. The first-order chi connectivity index (χ1) is 10.6. The average Bonchev–Trinajstić information content (AvgIpc) is 2.92. The van der Waals surface area contributed by atoms with Crippen molar-refractivity contribution in [2.24, 2.45) is 0 Å². The van der Waals surface area contributed by atoms with Gasteiger partial charge in [0.15, 0.2) is 0 Å². The molecule has 8 heteroatoms. The Kier molecular flexibility index (Phi) is 5.18. The molecule has 0 unspecified atom stereocenters. The second-order valence-electron chi connectivity index (χ2n) is 4.62. The lowest BCUT2D eigenvalue weighted by molar-refractivity contribution is -0.121. The third-order valence-corrected chi connectivity index (χ3v) is 2.90. The quantitative estimate of drug-likeness (QED) is 0.823. The molecular weight excluding hydrogens is 289 g/mol. The fraction of sp³-hybridized carbons (Fsp3) is 0.286. The number of aromatic nitrogens is 3. The Hall–Kier alpha value is -2.77. The van der Waals surface area contributed by atoms with Gasteiger partial charge in [-0.2, -0.15) is 0 Å². The van der Waals surface area contributed by atoms with E-state index in [0.717, 1.165) is 5.56 Å². The number of amides is 2. The van der Waals surface area contributed by atoms with Crippen LogP contribution >= 0.6 is 0 Å². The molecule has 116 valence electrons. The first kappa shape index (κ1) is 15.6. The number of hydrogen-bond acceptors (Lipinski definition) is 4. The molecule has 7 nitrogen and oxygen atoms in total. The third kappa shape index (κ3) is 4.65. The molecule has 0 saturated carbocycles. The van der Waals surface area contributed by atoms with E-state index in [1.165, 1.54) is 30.2 Å². The number of benzene rings is 1. The fourth-order valence-corrected chi connectivity index (χ4v) is 1.79. The molecule has 0 aliphatic rings. The van der Waals surface area contributed by atoms with Crippen molar-refractivity contribution in [2.45, 2.75) is 19.4 Å². The summed E-state index contributed by atoms with van der Waals surface area (Å²) in [4.78, 5) is 26.9. The highest BCUT2D eigenvalue weighted by Gasteiger charge is 2.08. The van der Waals surface area contributed by atoms with Crippen molar-refractivity contribution < 1.29 is 14.0 Å². The van der Waals surface area contributed by atoms with E-state index in [9.17, 15) is 14.0 Å². The molecule has 0 spiro atoms. The summed E-state index contributed by atoms with van der Waals surface area (Å²) in [6.45, 7) is 0.0304. The highest BCUT2D eigenvalue weighted by Crippen LogP contribution is 2.07. The number of likely N-dealkylation sites (N-methyl/N-ethyl adjacent to an activating group) is 1. The lowest BCUT2D eigenvalue weighted by Crippen LogP contribution is -2.23. The summed E-state index contributed by atoms with van der Waals surface area (Å²) in [6, 6.07) is 6.10. The van der Waals surface area contributed by atoms with Crippen LogP contribution in [-0.4, -0.2) is 33.6 Å². The molecule has 1 aromatic carbocycles. The van der Waals surface area contributed by atoms with Crippen LogP contribution in [-0.2, 0) is 22.6 Å². The van der Waals surface area contributed by atoms with Gasteiger partial charge in [-0.3, -0.25) is 14.9 Å². The van der Waals surface area contributed by atoms with Crippen LogP contribution in [0.3, 0.4) is 0 Å². The first-order valence-electron chi connectivity index (χ1n) is 6.71. The Balaban J connectivity index is 1.83. The van der Waals surface area contributed by atoms with Gasteiger partial charge in [0, 0.05) is 13.5 Å². The number of nitrogens with zero attached hydrogens (tertiary/aromatic N) is 3. The molecule has 1 heterocycles. The first-order valence-corrected chi connectivity index (χ1v) is 6.71. The Morgan fingerprint density at radius 1 is 1.32 bits per heavy atom. The SMILES string of the molecule is CNC(=O)Cn1cnc(NC(=O)CCc2cccc(F)c2)n1. The molecule has 2 amide bonds. The predicted molar refractivity (Wildman–Crippen MR) is 77.4 cm³/mol. The molecule has 0 saturated heterocycles. The van der Waals surface area contributed by atoms with Gasteiger partial charge in [0.05, 0.1) is 0 Å². The molecule has 0 bridgehead atoms. The minimum atomic E-state index is -0.326. The van der Waals surface area contributed by atoms with E-state index in [4.69, 9.17) is 0 Å². The minimum absolute atomic E-state index is 0.0304. The molecule has 0 radical (unpaired) electrons. The zero-order chi connectivity index (χ0) is 15.9. The van der Waals surface area contributed by atoms with Crippen LogP contribution in [0.1, 0.15) is 12.0 Å². The van der Waals surface area contributed by atoms with Gasteiger partial charge in [0.2, 0.25) is 17.8 Å². The molecule has 0 fully saturated rings. The predicted octanol–water partition coefficient (Wildman–Crippen LogP) is 0.734. The van der Waals surface area contributed by atoms with Crippen molar-refractivity contribution >= 4 is 17.8 Å². The topological polar surface area (TPSA) is 88.9 Å². The largest absolute Gasteiger partial charge is 0.358 e. The van der Waals surface area contributed by atoms with Gasteiger partial charge in [-0.05, 0) is 24.1 Å². The van der Waals surface area contributed by atoms with Crippen LogP contribution in [0.4, 0.5) is 10.3 Å². The van der Waals surface area contributed by atoms with E-state index in [1.54, 1.807) is 12.1 Å². The Morgan fingerprint density at radius 3 is 2.86 bits per heavy atom. The van der Waals surface area contributed by atoms with E-state index in [-0.39, 0.29) is 36.5 Å². The van der Waals surface area contributed by atoms with Gasteiger partial charge in [-0.1, -0.05) is 12.1 Å². The Bertz CT molecular complexity index is 671. The number of halogens is 1. The molecule has 0 aliphatic heterocycles. The Labute approximate surface area is 126 Å². The molecule has 0 atom stereocenters. The van der Waals surface area contributed by atoms with E-state index >= 15 is 0 Å². The summed E-state index contributed by atoms with van der Waals surface area (Å²) in [5.41, 5.74) is 0.744. The van der Waals surface area contributed by atoms with Gasteiger partial charge in [0.25, 0.3) is 0 Å². The van der Waals surface area contributed by atoms with E-state index in [0.29, 0.717) is 6.42 Å². The average molecular weight is 305 g/mol. The third-order valence-electron chi connectivity index (χ3n) is 2.90. The van der Waals surface area contributed by atoms with Crippen molar-refractivity contribution in [1.29, 1.82) is 0 Å². The number of aryl methyl sites for hydroxylation is 1. The molecule has 22 heavy (non-hydrogen) atoms. The zero-order valence-electron chi connectivity index (χ0n) is 12.0. The number of nitrogens with one attached hydrogen (secondary N) is 2. The van der Waals surface area contributed by atoms with E-state index in [2.05, 4.69) is 20.7 Å². The summed E-state index contributed by atoms with van der Waals surface area (Å²) in [7, 11) is 1.52. The molecule has 2 rings (SSSR count). The Morgan fingerprint density at radius 2 is 2.14 bits per heavy atom. The van der Waals surface area contributed by atoms with Crippen molar-refractivity contribution in [3.63, 3.8) is 0 Å². The summed E-state index contributed by atoms with van der Waals surface area (Å²) in [6.07, 6.45) is 1.97. The van der Waals surface area contributed by atoms with Crippen LogP contribution in [0.25, 0.3) is 0 Å². The molecule has 0 aliphatic carbocycles. The highest BCUT2D eigenvalue weighted by atomic mass is 19.1. The lowest BCUT2D eigenvalue weighted by atomic mass is 10.1. The van der Waals surface area contributed by atoms with Crippen molar-refractivity contribution in [2.75, 3.05) is 12.4 Å². The number of rotatable bonds is 6. The molecule has 2 N–H and O–H groups in total. The number of hydrogen-bond donors (Lipinski definition) is 2. The van der Waals surface area contributed by atoms with Crippen molar-refractivity contribution in [1.82, 2.24) is 20.1 Å². The second kappa shape index (κ2) is 7.30.